The highest BCUT2D eigenvalue weighted by atomic mass is 35.5. The van der Waals surface area contributed by atoms with E-state index in [1.54, 1.807) is 28.9 Å². The summed E-state index contributed by atoms with van der Waals surface area (Å²) in [6.45, 7) is 1.65. The SMILES string of the molecule is COc1cc(Cl)c(NC(=O)NCCn2nnc3cc(S(=O)(=O)N4CCCC4)ccc32)c(OC)c1. The number of methoxy groups -OCH3 is 2. The molecule has 1 aromatic heterocycles. The van der Waals surface area contributed by atoms with Gasteiger partial charge in [0.15, 0.2) is 0 Å². The van der Waals surface area contributed by atoms with E-state index in [4.69, 9.17) is 21.1 Å². The molecule has 2 amide bonds. The molecule has 0 spiro atoms. The van der Waals surface area contributed by atoms with Gasteiger partial charge in [-0.15, -0.1) is 5.10 Å². The quantitative estimate of drug-likeness (QED) is 0.478. The minimum Gasteiger partial charge on any atom is -0.497 e. The van der Waals surface area contributed by atoms with E-state index in [0.29, 0.717) is 47.9 Å². The third-order valence-corrected chi connectivity index (χ3v) is 7.71. The topological polar surface area (TPSA) is 128 Å². The predicted molar refractivity (Wildman–Crippen MR) is 127 cm³/mol. The van der Waals surface area contributed by atoms with Crippen molar-refractivity contribution in [3.05, 3.63) is 35.4 Å². The molecule has 13 heteroatoms. The van der Waals surface area contributed by atoms with Gasteiger partial charge in [-0.1, -0.05) is 16.8 Å². The van der Waals surface area contributed by atoms with Crippen LogP contribution in [0.15, 0.2) is 35.2 Å². The summed E-state index contributed by atoms with van der Waals surface area (Å²) in [6.07, 6.45) is 1.74. The van der Waals surface area contributed by atoms with Crippen molar-refractivity contribution in [3.8, 4) is 11.5 Å². The molecule has 34 heavy (non-hydrogen) atoms. The number of amides is 2. The monoisotopic (exact) mass is 508 g/mol. The molecular formula is C21H25ClN6O5S. The number of nitrogens with one attached hydrogen (secondary N) is 2. The van der Waals surface area contributed by atoms with Crippen molar-refractivity contribution in [2.75, 3.05) is 39.2 Å². The van der Waals surface area contributed by atoms with Crippen LogP contribution in [-0.2, 0) is 16.6 Å². The first-order chi connectivity index (χ1) is 16.3. The molecule has 2 N–H and O–H groups in total. The summed E-state index contributed by atoms with van der Waals surface area (Å²) in [6, 6.07) is 7.48. The fourth-order valence-electron chi connectivity index (χ4n) is 3.75. The number of carbonyl (C=O) groups excluding carboxylic acids is 1. The summed E-state index contributed by atoms with van der Waals surface area (Å²) in [4.78, 5) is 12.6. The zero-order chi connectivity index (χ0) is 24.3. The molecule has 0 atom stereocenters. The van der Waals surface area contributed by atoms with Gasteiger partial charge in [-0.3, -0.25) is 0 Å². The van der Waals surface area contributed by atoms with Gasteiger partial charge in [-0.2, -0.15) is 4.31 Å². The number of nitrogens with zero attached hydrogens (tertiary/aromatic N) is 4. The Morgan fingerprint density at radius 1 is 1.15 bits per heavy atom. The molecule has 3 aromatic rings. The van der Waals surface area contributed by atoms with Gasteiger partial charge in [-0.05, 0) is 31.0 Å². The summed E-state index contributed by atoms with van der Waals surface area (Å²) < 4.78 is 39.1. The Morgan fingerprint density at radius 3 is 2.62 bits per heavy atom. The zero-order valence-corrected chi connectivity index (χ0v) is 20.3. The first-order valence-electron chi connectivity index (χ1n) is 10.6. The Labute approximate surface area is 202 Å². The summed E-state index contributed by atoms with van der Waals surface area (Å²) in [5.41, 5.74) is 1.46. The molecule has 4 rings (SSSR count). The third kappa shape index (κ3) is 4.88. The van der Waals surface area contributed by atoms with Crippen LogP contribution in [0.25, 0.3) is 11.0 Å². The molecular weight excluding hydrogens is 484 g/mol. The normalized spacial score (nSPS) is 14.3. The van der Waals surface area contributed by atoms with E-state index < -0.39 is 16.1 Å². The Balaban J connectivity index is 1.39. The minimum atomic E-state index is -3.53. The lowest BCUT2D eigenvalue weighted by atomic mass is 10.2. The molecule has 1 fully saturated rings. The highest BCUT2D eigenvalue weighted by molar-refractivity contribution is 7.89. The van der Waals surface area contributed by atoms with Crippen LogP contribution >= 0.6 is 11.6 Å². The number of aromatic nitrogens is 3. The van der Waals surface area contributed by atoms with Crippen LogP contribution in [0.4, 0.5) is 10.5 Å². The number of hydrogen-bond acceptors (Lipinski definition) is 7. The lowest BCUT2D eigenvalue weighted by Gasteiger charge is -2.15. The standard InChI is InChI=1S/C21H25ClN6O5S/c1-32-14-11-16(22)20(19(12-14)33-2)24-21(29)23-7-10-28-18-6-5-15(13-17(18)25-26-28)34(30,31)27-8-3-4-9-27/h5-6,11-13H,3-4,7-10H2,1-2H3,(H2,23,24,29). The minimum absolute atomic E-state index is 0.205. The summed E-state index contributed by atoms with van der Waals surface area (Å²) in [7, 11) is -0.560. The Bertz CT molecular complexity index is 1310. The number of carbonyl (C=O) groups is 1. The second-order valence-corrected chi connectivity index (χ2v) is 9.99. The number of rotatable bonds is 8. The van der Waals surface area contributed by atoms with Crippen LogP contribution in [0.1, 0.15) is 12.8 Å². The number of halogens is 1. The van der Waals surface area contributed by atoms with Gasteiger partial charge >= 0.3 is 6.03 Å². The van der Waals surface area contributed by atoms with Crippen LogP contribution in [0.3, 0.4) is 0 Å². The van der Waals surface area contributed by atoms with Crippen LogP contribution in [0.2, 0.25) is 5.02 Å². The van der Waals surface area contributed by atoms with Crippen LogP contribution in [0, 0.1) is 0 Å². The van der Waals surface area contributed by atoms with Gasteiger partial charge in [0.1, 0.15) is 22.7 Å². The molecule has 0 bridgehead atoms. The third-order valence-electron chi connectivity index (χ3n) is 5.52. The lowest BCUT2D eigenvalue weighted by Crippen LogP contribution is -2.32. The van der Waals surface area contributed by atoms with Gasteiger partial charge in [0.2, 0.25) is 10.0 Å². The van der Waals surface area contributed by atoms with E-state index in [0.717, 1.165) is 12.8 Å². The number of urea groups is 1. The molecule has 0 aliphatic carbocycles. The summed E-state index contributed by atoms with van der Waals surface area (Å²) in [5.74, 6) is 0.865. The highest BCUT2D eigenvalue weighted by Crippen LogP contribution is 2.36. The van der Waals surface area contributed by atoms with Crippen LogP contribution < -0.4 is 20.1 Å². The number of hydrogen-bond donors (Lipinski definition) is 2. The smallest absolute Gasteiger partial charge is 0.319 e. The fourth-order valence-corrected chi connectivity index (χ4v) is 5.53. The maximum absolute atomic E-state index is 12.8. The van der Waals surface area contributed by atoms with E-state index in [9.17, 15) is 13.2 Å². The second kappa shape index (κ2) is 10.0. The molecule has 0 radical (unpaired) electrons. The Kier molecular flexibility index (Phi) is 7.10. The second-order valence-electron chi connectivity index (χ2n) is 7.64. The molecule has 182 valence electrons. The van der Waals surface area contributed by atoms with Crippen molar-refractivity contribution in [1.29, 1.82) is 0 Å². The molecule has 1 aliphatic rings. The van der Waals surface area contributed by atoms with E-state index >= 15 is 0 Å². The summed E-state index contributed by atoms with van der Waals surface area (Å²) >= 11 is 6.23. The highest BCUT2D eigenvalue weighted by Gasteiger charge is 2.27. The molecule has 2 aromatic carbocycles. The van der Waals surface area contributed by atoms with Crippen LogP contribution in [0.5, 0.6) is 11.5 Å². The Hall–Kier alpha value is -3.09. The van der Waals surface area contributed by atoms with E-state index in [1.807, 2.05) is 0 Å². The van der Waals surface area contributed by atoms with Gasteiger partial charge in [0, 0.05) is 31.8 Å². The number of fused-ring (bicyclic) bond motifs is 1. The lowest BCUT2D eigenvalue weighted by molar-refractivity contribution is 0.251. The molecule has 0 saturated carbocycles. The molecule has 11 nitrogen and oxygen atoms in total. The number of ether oxygens (including phenoxy) is 2. The van der Waals surface area contributed by atoms with Gasteiger partial charge in [-0.25, -0.2) is 17.9 Å². The van der Waals surface area contributed by atoms with Crippen molar-refractivity contribution in [2.24, 2.45) is 0 Å². The summed E-state index contributed by atoms with van der Waals surface area (Å²) in [5, 5.41) is 13.8. The first kappa shape index (κ1) is 24.0. The Morgan fingerprint density at radius 2 is 1.91 bits per heavy atom. The average Bonchev–Trinajstić information content (AvgIpc) is 3.51. The first-order valence-corrected chi connectivity index (χ1v) is 12.4. The molecule has 1 saturated heterocycles. The van der Waals surface area contributed by atoms with Crippen molar-refractivity contribution < 1.29 is 22.7 Å². The van der Waals surface area contributed by atoms with Crippen molar-refractivity contribution in [2.45, 2.75) is 24.3 Å². The largest absolute Gasteiger partial charge is 0.497 e. The van der Waals surface area contributed by atoms with Crippen LogP contribution in [-0.4, -0.2) is 67.6 Å². The van der Waals surface area contributed by atoms with Crippen molar-refractivity contribution in [3.63, 3.8) is 0 Å². The number of sulfonamides is 1. The van der Waals surface area contributed by atoms with E-state index in [-0.39, 0.29) is 16.5 Å². The van der Waals surface area contributed by atoms with Crippen molar-refractivity contribution in [1.82, 2.24) is 24.6 Å². The van der Waals surface area contributed by atoms with Gasteiger partial charge in [0.05, 0.1) is 36.2 Å². The maximum Gasteiger partial charge on any atom is 0.319 e. The van der Waals surface area contributed by atoms with Gasteiger partial charge in [0.25, 0.3) is 0 Å². The maximum atomic E-state index is 12.8. The molecule has 1 aliphatic heterocycles. The average molecular weight is 509 g/mol. The number of anilines is 1. The predicted octanol–water partition coefficient (Wildman–Crippen LogP) is 2.71. The number of benzene rings is 2. The molecule has 2 heterocycles. The molecule has 0 unspecified atom stereocenters. The fraction of sp³-hybridized carbons (Fsp3) is 0.381. The zero-order valence-electron chi connectivity index (χ0n) is 18.7. The van der Waals surface area contributed by atoms with E-state index in [1.165, 1.54) is 24.6 Å². The van der Waals surface area contributed by atoms with E-state index in [2.05, 4.69) is 20.9 Å². The van der Waals surface area contributed by atoms with Crippen molar-refractivity contribution >= 4 is 44.4 Å². The van der Waals surface area contributed by atoms with Gasteiger partial charge < -0.3 is 20.1 Å².